The van der Waals surface area contributed by atoms with Gasteiger partial charge >= 0.3 is 0 Å². The van der Waals surface area contributed by atoms with Crippen molar-refractivity contribution >= 4 is 34.1 Å². The molecule has 0 fully saturated rings. The van der Waals surface area contributed by atoms with Gasteiger partial charge in [0.2, 0.25) is 5.43 Å². The normalized spacial score (nSPS) is 10.7. The van der Waals surface area contributed by atoms with Crippen molar-refractivity contribution in [2.24, 2.45) is 0 Å². The summed E-state index contributed by atoms with van der Waals surface area (Å²) in [7, 11) is 0. The van der Waals surface area contributed by atoms with Gasteiger partial charge in [-0.1, -0.05) is 17.7 Å². The van der Waals surface area contributed by atoms with Crippen LogP contribution in [0.5, 0.6) is 0 Å². The Balaban J connectivity index is 2.01. The largest absolute Gasteiger partial charge is 0.359 e. The molecule has 1 aromatic heterocycles. The van der Waals surface area contributed by atoms with Crippen LogP contribution < -0.4 is 10.7 Å². The lowest BCUT2D eigenvalue weighted by Crippen LogP contribution is -2.22. The fourth-order valence-electron chi connectivity index (χ4n) is 2.16. The number of amides is 1. The van der Waals surface area contributed by atoms with Crippen LogP contribution in [-0.4, -0.2) is 10.9 Å². The third-order valence-electron chi connectivity index (χ3n) is 3.29. The zero-order chi connectivity index (χ0) is 16.6. The monoisotopic (exact) mass is 334 g/mol. The molecule has 1 amide bonds. The lowest BCUT2D eigenvalue weighted by Gasteiger charge is -2.07. The van der Waals surface area contributed by atoms with Crippen molar-refractivity contribution in [2.45, 2.75) is 0 Å². The number of pyridine rings is 1. The Morgan fingerprint density at radius 3 is 2.70 bits per heavy atom. The minimum Gasteiger partial charge on any atom is -0.359 e. The van der Waals surface area contributed by atoms with Gasteiger partial charge in [0.25, 0.3) is 5.91 Å². The van der Waals surface area contributed by atoms with Crippen LogP contribution in [0.3, 0.4) is 0 Å². The minimum absolute atomic E-state index is 0.205. The van der Waals surface area contributed by atoms with Gasteiger partial charge in [0.05, 0.1) is 16.2 Å². The zero-order valence-corrected chi connectivity index (χ0v) is 12.2. The van der Waals surface area contributed by atoms with Gasteiger partial charge < -0.3 is 10.3 Å². The molecule has 0 saturated carbocycles. The summed E-state index contributed by atoms with van der Waals surface area (Å²) in [6.45, 7) is 0. The van der Waals surface area contributed by atoms with E-state index in [-0.39, 0.29) is 16.6 Å². The van der Waals surface area contributed by atoms with Crippen LogP contribution in [-0.2, 0) is 0 Å². The van der Waals surface area contributed by atoms with Crippen LogP contribution in [0.25, 0.3) is 10.9 Å². The first kappa shape index (κ1) is 15.2. The van der Waals surface area contributed by atoms with Gasteiger partial charge in [-0.2, -0.15) is 0 Å². The number of benzene rings is 2. The van der Waals surface area contributed by atoms with Gasteiger partial charge in [-0.15, -0.1) is 0 Å². The number of para-hydroxylation sites is 1. The number of halogens is 3. The first-order valence-corrected chi connectivity index (χ1v) is 6.91. The second-order valence-electron chi connectivity index (χ2n) is 4.77. The van der Waals surface area contributed by atoms with Crippen molar-refractivity contribution in [3.63, 3.8) is 0 Å². The molecule has 2 N–H and O–H groups in total. The summed E-state index contributed by atoms with van der Waals surface area (Å²) in [5, 5.41) is 2.82. The van der Waals surface area contributed by atoms with Gasteiger partial charge in [0.15, 0.2) is 0 Å². The van der Waals surface area contributed by atoms with Crippen molar-refractivity contribution in [3.8, 4) is 0 Å². The Hall–Kier alpha value is -2.73. The summed E-state index contributed by atoms with van der Waals surface area (Å²) in [6, 6.07) is 7.43. The SMILES string of the molecule is O=C(Nc1ccc(F)cc1F)c1c[nH]c2c(Cl)cccc2c1=O. The average Bonchev–Trinajstić information content (AvgIpc) is 2.51. The molecule has 1 heterocycles. The van der Waals surface area contributed by atoms with E-state index in [4.69, 9.17) is 11.6 Å². The molecule has 7 heteroatoms. The van der Waals surface area contributed by atoms with Crippen molar-refractivity contribution in [3.05, 3.63) is 75.0 Å². The highest BCUT2D eigenvalue weighted by atomic mass is 35.5. The molecule has 3 aromatic rings. The van der Waals surface area contributed by atoms with E-state index in [1.807, 2.05) is 0 Å². The highest BCUT2D eigenvalue weighted by molar-refractivity contribution is 6.35. The number of aromatic nitrogens is 1. The number of fused-ring (bicyclic) bond motifs is 1. The van der Waals surface area contributed by atoms with Gasteiger partial charge in [-0.05, 0) is 24.3 Å². The average molecular weight is 335 g/mol. The van der Waals surface area contributed by atoms with Crippen LogP contribution in [0.15, 0.2) is 47.4 Å². The third-order valence-corrected chi connectivity index (χ3v) is 3.60. The van der Waals surface area contributed by atoms with E-state index in [2.05, 4.69) is 10.3 Å². The molecular formula is C16H9ClF2N2O2. The van der Waals surface area contributed by atoms with Crippen LogP contribution in [0, 0.1) is 11.6 Å². The molecule has 0 radical (unpaired) electrons. The first-order chi connectivity index (χ1) is 11.0. The molecule has 0 atom stereocenters. The number of rotatable bonds is 2. The standard InChI is InChI=1S/C16H9ClF2N2O2/c17-11-3-1-2-9-14(11)20-7-10(15(9)22)16(23)21-13-5-4-8(18)6-12(13)19/h1-7H,(H,20,22)(H,21,23). The lowest BCUT2D eigenvalue weighted by atomic mass is 10.1. The second-order valence-corrected chi connectivity index (χ2v) is 5.18. The highest BCUT2D eigenvalue weighted by Crippen LogP contribution is 2.19. The molecule has 3 rings (SSSR count). The van der Waals surface area contributed by atoms with Crippen LogP contribution in [0.2, 0.25) is 5.02 Å². The summed E-state index contributed by atoms with van der Waals surface area (Å²) in [6.07, 6.45) is 1.20. The number of carbonyl (C=O) groups excluding carboxylic acids is 1. The summed E-state index contributed by atoms with van der Waals surface area (Å²) < 4.78 is 26.4. The second kappa shape index (κ2) is 5.81. The van der Waals surface area contributed by atoms with E-state index < -0.39 is 23.0 Å². The van der Waals surface area contributed by atoms with Crippen LogP contribution in [0.4, 0.5) is 14.5 Å². The zero-order valence-electron chi connectivity index (χ0n) is 11.5. The summed E-state index contributed by atoms with van der Waals surface area (Å²) in [5.74, 6) is -2.50. The molecule has 0 unspecified atom stereocenters. The highest BCUT2D eigenvalue weighted by Gasteiger charge is 2.15. The molecule has 0 spiro atoms. The molecule has 0 aliphatic heterocycles. The van der Waals surface area contributed by atoms with Crippen molar-refractivity contribution < 1.29 is 13.6 Å². The predicted molar refractivity (Wildman–Crippen MR) is 83.9 cm³/mol. The molecule has 116 valence electrons. The Kier molecular flexibility index (Phi) is 3.83. The van der Waals surface area contributed by atoms with Crippen molar-refractivity contribution in [1.82, 2.24) is 4.98 Å². The molecule has 2 aromatic carbocycles. The maximum Gasteiger partial charge on any atom is 0.261 e. The lowest BCUT2D eigenvalue weighted by molar-refractivity contribution is 0.102. The van der Waals surface area contributed by atoms with Crippen molar-refractivity contribution in [1.29, 1.82) is 0 Å². The molecular weight excluding hydrogens is 326 g/mol. The van der Waals surface area contributed by atoms with Crippen LogP contribution in [0.1, 0.15) is 10.4 Å². The number of hydrogen-bond donors (Lipinski definition) is 2. The van der Waals surface area contributed by atoms with Crippen LogP contribution >= 0.6 is 11.6 Å². The topological polar surface area (TPSA) is 62.0 Å². The van der Waals surface area contributed by atoms with E-state index in [0.29, 0.717) is 16.6 Å². The number of hydrogen-bond acceptors (Lipinski definition) is 2. The van der Waals surface area contributed by atoms with Gasteiger partial charge in [-0.3, -0.25) is 9.59 Å². The molecule has 0 saturated heterocycles. The Labute approximate surface area is 133 Å². The van der Waals surface area contributed by atoms with Gasteiger partial charge in [0.1, 0.15) is 17.2 Å². The third kappa shape index (κ3) is 2.80. The Morgan fingerprint density at radius 2 is 1.96 bits per heavy atom. The van der Waals surface area contributed by atoms with E-state index in [9.17, 15) is 18.4 Å². The van der Waals surface area contributed by atoms with Crippen molar-refractivity contribution in [2.75, 3.05) is 5.32 Å². The predicted octanol–water partition coefficient (Wildman–Crippen LogP) is 3.71. The molecule has 0 aliphatic carbocycles. The smallest absolute Gasteiger partial charge is 0.261 e. The van der Waals surface area contributed by atoms with E-state index in [1.54, 1.807) is 12.1 Å². The maximum atomic E-state index is 13.6. The fraction of sp³-hybridized carbons (Fsp3) is 0. The Bertz CT molecular complexity index is 985. The van der Waals surface area contributed by atoms with Gasteiger partial charge in [0, 0.05) is 17.6 Å². The number of aromatic amines is 1. The number of H-pyrrole nitrogens is 1. The summed E-state index contributed by atoms with van der Waals surface area (Å²) in [4.78, 5) is 27.3. The quantitative estimate of drug-likeness (QED) is 0.750. The summed E-state index contributed by atoms with van der Waals surface area (Å²) >= 11 is 5.97. The van der Waals surface area contributed by atoms with Gasteiger partial charge in [-0.25, -0.2) is 8.78 Å². The summed E-state index contributed by atoms with van der Waals surface area (Å²) in [5.41, 5.74) is -0.560. The van der Waals surface area contributed by atoms with E-state index >= 15 is 0 Å². The molecule has 4 nitrogen and oxygen atoms in total. The number of carbonyl (C=O) groups is 1. The molecule has 0 aliphatic rings. The molecule has 23 heavy (non-hydrogen) atoms. The Morgan fingerprint density at radius 1 is 1.17 bits per heavy atom. The fourth-order valence-corrected chi connectivity index (χ4v) is 2.39. The molecule has 0 bridgehead atoms. The maximum absolute atomic E-state index is 13.6. The van der Waals surface area contributed by atoms with E-state index in [0.717, 1.165) is 12.1 Å². The first-order valence-electron chi connectivity index (χ1n) is 6.53. The van der Waals surface area contributed by atoms with E-state index in [1.165, 1.54) is 12.3 Å². The minimum atomic E-state index is -0.932. The number of anilines is 1. The number of nitrogens with one attached hydrogen (secondary N) is 2.